The summed E-state index contributed by atoms with van der Waals surface area (Å²) in [6.45, 7) is 3.36. The summed E-state index contributed by atoms with van der Waals surface area (Å²) in [6, 6.07) is 12.0. The third-order valence-corrected chi connectivity index (χ3v) is 5.45. The van der Waals surface area contributed by atoms with Crippen LogP contribution in [0.15, 0.2) is 40.8 Å². The molecule has 4 aromatic rings. The summed E-state index contributed by atoms with van der Waals surface area (Å²) >= 11 is 0. The summed E-state index contributed by atoms with van der Waals surface area (Å²) in [7, 11) is 9.05. The Labute approximate surface area is 187 Å². The van der Waals surface area contributed by atoms with Crippen molar-refractivity contribution in [3.63, 3.8) is 0 Å². The Hall–Kier alpha value is -3.52. The minimum absolute atomic E-state index is 0.473. The van der Waals surface area contributed by atoms with Crippen LogP contribution >= 0.6 is 0 Å². The molecule has 8 nitrogen and oxygen atoms in total. The number of likely N-dealkylation sites (N-methyl/N-ethyl adjacent to an activating group) is 1. The predicted octanol–water partition coefficient (Wildman–Crippen LogP) is 4.25. The van der Waals surface area contributed by atoms with Gasteiger partial charge in [-0.2, -0.15) is 0 Å². The van der Waals surface area contributed by atoms with Gasteiger partial charge >= 0.3 is 0 Å². The molecule has 32 heavy (non-hydrogen) atoms. The van der Waals surface area contributed by atoms with Crippen LogP contribution in [0.1, 0.15) is 5.89 Å². The molecule has 0 aliphatic heterocycles. The highest BCUT2D eigenvalue weighted by atomic mass is 16.5. The van der Waals surface area contributed by atoms with Gasteiger partial charge in [0.1, 0.15) is 11.4 Å². The molecular weight excluding hydrogens is 408 g/mol. The minimum Gasteiger partial charge on any atom is -0.497 e. The molecule has 2 heterocycles. The number of hydrogen-bond acceptors (Lipinski definition) is 7. The van der Waals surface area contributed by atoms with E-state index in [0.717, 1.165) is 46.6 Å². The summed E-state index contributed by atoms with van der Waals surface area (Å²) in [6.07, 6.45) is 0. The van der Waals surface area contributed by atoms with Gasteiger partial charge in [0.15, 0.2) is 11.5 Å². The monoisotopic (exact) mass is 436 g/mol. The Morgan fingerprint density at radius 2 is 1.62 bits per heavy atom. The number of nitrogens with zero attached hydrogens (tertiary/aromatic N) is 4. The van der Waals surface area contributed by atoms with Crippen LogP contribution in [-0.4, -0.2) is 61.6 Å². The SMILES string of the molecule is COc1ccc(-c2c(-c3nnc(C)o3)n(CCN(C)C)c3cc(OC)c(OC)cc23)cc1. The topological polar surface area (TPSA) is 74.8 Å². The highest BCUT2D eigenvalue weighted by Gasteiger charge is 2.25. The molecule has 2 aromatic heterocycles. The summed E-state index contributed by atoms with van der Waals surface area (Å²) in [5.74, 6) is 3.10. The molecule has 0 aliphatic carbocycles. The molecule has 2 aromatic carbocycles. The molecule has 0 bridgehead atoms. The number of aromatic nitrogens is 3. The quantitative estimate of drug-likeness (QED) is 0.409. The lowest BCUT2D eigenvalue weighted by molar-refractivity contribution is 0.355. The van der Waals surface area contributed by atoms with Crippen LogP contribution in [0.2, 0.25) is 0 Å². The van der Waals surface area contributed by atoms with Crippen LogP contribution in [0, 0.1) is 6.92 Å². The zero-order chi connectivity index (χ0) is 22.8. The van der Waals surface area contributed by atoms with E-state index in [4.69, 9.17) is 18.6 Å². The van der Waals surface area contributed by atoms with E-state index in [9.17, 15) is 0 Å². The fourth-order valence-electron chi connectivity index (χ4n) is 3.87. The molecule has 4 rings (SSSR count). The summed E-state index contributed by atoms with van der Waals surface area (Å²) in [4.78, 5) is 2.14. The van der Waals surface area contributed by atoms with Crippen molar-refractivity contribution in [3.05, 3.63) is 42.3 Å². The molecule has 0 N–H and O–H groups in total. The van der Waals surface area contributed by atoms with Crippen molar-refractivity contribution >= 4 is 10.9 Å². The molecule has 0 atom stereocenters. The van der Waals surface area contributed by atoms with Crippen molar-refractivity contribution < 1.29 is 18.6 Å². The van der Waals surface area contributed by atoms with Crippen LogP contribution in [0.4, 0.5) is 0 Å². The van der Waals surface area contributed by atoms with E-state index >= 15 is 0 Å². The van der Waals surface area contributed by atoms with E-state index in [1.807, 2.05) is 36.4 Å². The van der Waals surface area contributed by atoms with Crippen molar-refractivity contribution in [2.45, 2.75) is 13.5 Å². The van der Waals surface area contributed by atoms with Crippen molar-refractivity contribution in [2.24, 2.45) is 0 Å². The first kappa shape index (κ1) is 21.7. The molecule has 0 amide bonds. The molecule has 168 valence electrons. The molecule has 0 saturated heterocycles. The minimum atomic E-state index is 0.473. The lowest BCUT2D eigenvalue weighted by Gasteiger charge is -2.14. The van der Waals surface area contributed by atoms with Crippen LogP contribution in [0.25, 0.3) is 33.6 Å². The summed E-state index contributed by atoms with van der Waals surface area (Å²) in [5, 5.41) is 9.47. The van der Waals surface area contributed by atoms with E-state index in [2.05, 4.69) is 33.8 Å². The largest absolute Gasteiger partial charge is 0.497 e. The number of rotatable bonds is 8. The summed E-state index contributed by atoms with van der Waals surface area (Å²) in [5.41, 5.74) is 3.87. The molecule has 0 aliphatic rings. The Morgan fingerprint density at radius 3 is 2.19 bits per heavy atom. The number of fused-ring (bicyclic) bond motifs is 1. The van der Waals surface area contributed by atoms with E-state index < -0.39 is 0 Å². The van der Waals surface area contributed by atoms with E-state index in [-0.39, 0.29) is 0 Å². The molecule has 0 unspecified atom stereocenters. The van der Waals surface area contributed by atoms with Gasteiger partial charge in [-0.1, -0.05) is 12.1 Å². The van der Waals surface area contributed by atoms with E-state index in [1.165, 1.54) is 0 Å². The number of methoxy groups -OCH3 is 3. The lowest BCUT2D eigenvalue weighted by Crippen LogP contribution is -2.18. The number of benzene rings is 2. The summed E-state index contributed by atoms with van der Waals surface area (Å²) < 4.78 is 24.7. The van der Waals surface area contributed by atoms with E-state index in [0.29, 0.717) is 23.3 Å². The highest BCUT2D eigenvalue weighted by Crippen LogP contribution is 2.44. The maximum atomic E-state index is 5.92. The van der Waals surface area contributed by atoms with Crippen molar-refractivity contribution in [2.75, 3.05) is 42.0 Å². The van der Waals surface area contributed by atoms with Gasteiger partial charge < -0.3 is 28.1 Å². The zero-order valence-corrected chi connectivity index (χ0v) is 19.3. The number of aryl methyl sites for hydroxylation is 1. The van der Waals surface area contributed by atoms with E-state index in [1.54, 1.807) is 28.3 Å². The second kappa shape index (κ2) is 8.92. The standard InChI is InChI=1S/C24H28N4O4/c1-15-25-26-24(32-15)23-22(16-7-9-17(29-4)10-8-16)18-13-20(30-5)21(31-6)14-19(18)28(23)12-11-27(2)3/h7-10,13-14H,11-12H2,1-6H3. The Kier molecular flexibility index (Phi) is 6.05. The van der Waals surface area contributed by atoms with Crippen molar-refractivity contribution in [1.29, 1.82) is 0 Å². The van der Waals surface area contributed by atoms with Gasteiger partial charge in [-0.25, -0.2) is 0 Å². The van der Waals surface area contributed by atoms with Gasteiger partial charge in [-0.15, -0.1) is 10.2 Å². The zero-order valence-electron chi connectivity index (χ0n) is 19.3. The Morgan fingerprint density at radius 1 is 0.938 bits per heavy atom. The third-order valence-electron chi connectivity index (χ3n) is 5.45. The van der Waals surface area contributed by atoms with Crippen LogP contribution in [0.5, 0.6) is 17.2 Å². The van der Waals surface area contributed by atoms with Gasteiger partial charge in [0.25, 0.3) is 5.89 Å². The fraction of sp³-hybridized carbons (Fsp3) is 0.333. The van der Waals surface area contributed by atoms with Gasteiger partial charge in [0, 0.05) is 37.0 Å². The maximum Gasteiger partial charge on any atom is 0.264 e. The first-order chi connectivity index (χ1) is 15.5. The molecule has 0 fully saturated rings. The van der Waals surface area contributed by atoms with Crippen LogP contribution in [0.3, 0.4) is 0 Å². The highest BCUT2D eigenvalue weighted by molar-refractivity contribution is 6.05. The molecular formula is C24H28N4O4. The van der Waals surface area contributed by atoms with Crippen LogP contribution < -0.4 is 14.2 Å². The van der Waals surface area contributed by atoms with Crippen LogP contribution in [-0.2, 0) is 6.54 Å². The molecule has 0 spiro atoms. The molecule has 8 heteroatoms. The number of hydrogen-bond donors (Lipinski definition) is 0. The fourth-order valence-corrected chi connectivity index (χ4v) is 3.87. The molecule has 0 radical (unpaired) electrons. The first-order valence-electron chi connectivity index (χ1n) is 10.3. The maximum absolute atomic E-state index is 5.92. The van der Waals surface area contributed by atoms with Gasteiger partial charge in [0.05, 0.1) is 26.8 Å². The van der Waals surface area contributed by atoms with Crippen molar-refractivity contribution in [1.82, 2.24) is 19.7 Å². The van der Waals surface area contributed by atoms with Gasteiger partial charge in [-0.05, 0) is 37.9 Å². The van der Waals surface area contributed by atoms with Gasteiger partial charge in [0.2, 0.25) is 5.89 Å². The second-order valence-electron chi connectivity index (χ2n) is 7.76. The van der Waals surface area contributed by atoms with Crippen molar-refractivity contribution in [3.8, 4) is 40.0 Å². The Bertz CT molecular complexity index is 1230. The average molecular weight is 437 g/mol. The smallest absolute Gasteiger partial charge is 0.264 e. The second-order valence-corrected chi connectivity index (χ2v) is 7.76. The first-order valence-corrected chi connectivity index (χ1v) is 10.3. The average Bonchev–Trinajstić information content (AvgIpc) is 3.36. The molecule has 0 saturated carbocycles. The predicted molar refractivity (Wildman–Crippen MR) is 124 cm³/mol. The lowest BCUT2D eigenvalue weighted by atomic mass is 10.0. The Balaban J connectivity index is 2.09. The normalized spacial score (nSPS) is 11.3. The number of ether oxygens (including phenoxy) is 3. The third kappa shape index (κ3) is 3.89. The van der Waals surface area contributed by atoms with Gasteiger partial charge in [-0.3, -0.25) is 0 Å².